The van der Waals surface area contributed by atoms with Crippen LogP contribution in [0.25, 0.3) is 0 Å². The summed E-state index contributed by atoms with van der Waals surface area (Å²) in [6.45, 7) is 2.26. The highest BCUT2D eigenvalue weighted by Crippen LogP contribution is 2.18. The molecule has 1 aromatic rings. The van der Waals surface area contributed by atoms with E-state index in [4.69, 9.17) is 0 Å². The summed E-state index contributed by atoms with van der Waals surface area (Å²) >= 11 is 0. The summed E-state index contributed by atoms with van der Waals surface area (Å²) in [4.78, 5) is 0. The van der Waals surface area contributed by atoms with E-state index in [0.717, 1.165) is 6.42 Å². The second-order valence-corrected chi connectivity index (χ2v) is 3.50. The Morgan fingerprint density at radius 3 is 2.57 bits per heavy atom. The maximum atomic E-state index is 2.26. The van der Waals surface area contributed by atoms with Crippen molar-refractivity contribution in [3.63, 3.8) is 0 Å². The quantitative estimate of drug-likeness (QED) is 0.498. The van der Waals surface area contributed by atoms with E-state index < -0.39 is 0 Å². The van der Waals surface area contributed by atoms with Crippen molar-refractivity contribution in [3.8, 4) is 0 Å². The predicted molar refractivity (Wildman–Crippen MR) is 66.3 cm³/mol. The van der Waals surface area contributed by atoms with Gasteiger partial charge in [-0.3, -0.25) is 0 Å². The zero-order chi connectivity index (χ0) is 10.2. The van der Waals surface area contributed by atoms with Gasteiger partial charge < -0.3 is 0 Å². The molecular formula is C13H17B. The summed E-state index contributed by atoms with van der Waals surface area (Å²) in [6, 6.07) is 10.6. The molecule has 0 aliphatic heterocycles. The molecule has 72 valence electrons. The Kier molecular flexibility index (Phi) is 4.84. The normalized spacial score (nSPS) is 13.8. The average Bonchev–Trinajstić information content (AvgIpc) is 2.25. The van der Waals surface area contributed by atoms with E-state index >= 15 is 0 Å². The van der Waals surface area contributed by atoms with Crippen molar-refractivity contribution in [2.75, 3.05) is 0 Å². The van der Waals surface area contributed by atoms with Gasteiger partial charge in [0.25, 0.3) is 0 Å². The van der Waals surface area contributed by atoms with Crippen molar-refractivity contribution >= 4 is 7.85 Å². The molecule has 1 heteroatoms. The van der Waals surface area contributed by atoms with Crippen molar-refractivity contribution < 1.29 is 0 Å². The SMILES string of the molecule is B/C=C\C=C/CC(C)c1ccccc1. The minimum absolute atomic E-state index is 0.609. The van der Waals surface area contributed by atoms with E-state index in [2.05, 4.69) is 55.5 Å². The fourth-order valence-corrected chi connectivity index (χ4v) is 1.39. The first kappa shape index (κ1) is 10.8. The summed E-state index contributed by atoms with van der Waals surface area (Å²) in [5.41, 5.74) is 1.41. The van der Waals surface area contributed by atoms with Gasteiger partial charge in [0.1, 0.15) is 7.85 Å². The van der Waals surface area contributed by atoms with Crippen molar-refractivity contribution in [1.82, 2.24) is 0 Å². The molecule has 0 radical (unpaired) electrons. The van der Waals surface area contributed by atoms with Gasteiger partial charge in [0.15, 0.2) is 0 Å². The zero-order valence-corrected chi connectivity index (χ0v) is 8.98. The van der Waals surface area contributed by atoms with Crippen LogP contribution in [0.3, 0.4) is 0 Å². The lowest BCUT2D eigenvalue weighted by Gasteiger charge is -2.07. The molecule has 1 rings (SSSR count). The Balaban J connectivity index is 2.47. The summed E-state index contributed by atoms with van der Waals surface area (Å²) in [5, 5.41) is 0. The summed E-state index contributed by atoms with van der Waals surface area (Å²) < 4.78 is 0. The average molecular weight is 184 g/mol. The first-order chi connectivity index (χ1) is 6.84. The van der Waals surface area contributed by atoms with Crippen molar-refractivity contribution in [2.24, 2.45) is 0 Å². The molecule has 0 spiro atoms. The van der Waals surface area contributed by atoms with Crippen LogP contribution >= 0.6 is 0 Å². The van der Waals surface area contributed by atoms with Gasteiger partial charge in [0.2, 0.25) is 0 Å². The molecule has 14 heavy (non-hydrogen) atoms. The van der Waals surface area contributed by atoms with E-state index in [1.165, 1.54) is 5.56 Å². The highest BCUT2D eigenvalue weighted by molar-refractivity contribution is 6.17. The largest absolute Gasteiger partial charge is 0.129 e. The minimum atomic E-state index is 0.609. The van der Waals surface area contributed by atoms with Crippen LogP contribution in [0.2, 0.25) is 0 Å². The van der Waals surface area contributed by atoms with Crippen LogP contribution in [0.5, 0.6) is 0 Å². The van der Waals surface area contributed by atoms with E-state index in [-0.39, 0.29) is 0 Å². The minimum Gasteiger partial charge on any atom is -0.124 e. The van der Waals surface area contributed by atoms with Crippen LogP contribution < -0.4 is 0 Å². The van der Waals surface area contributed by atoms with Gasteiger partial charge in [-0.1, -0.05) is 55.5 Å². The van der Waals surface area contributed by atoms with Crippen LogP contribution in [0, 0.1) is 0 Å². The first-order valence-corrected chi connectivity index (χ1v) is 5.17. The second kappa shape index (κ2) is 6.25. The Morgan fingerprint density at radius 1 is 1.21 bits per heavy atom. The summed E-state index contributed by atoms with van der Waals surface area (Å²) in [6.07, 6.45) is 7.50. The molecule has 0 aliphatic rings. The van der Waals surface area contributed by atoms with Gasteiger partial charge in [-0.15, -0.1) is 5.98 Å². The molecular weight excluding hydrogens is 167 g/mol. The van der Waals surface area contributed by atoms with Gasteiger partial charge in [0.05, 0.1) is 0 Å². The van der Waals surface area contributed by atoms with Crippen LogP contribution in [0.4, 0.5) is 0 Å². The van der Waals surface area contributed by atoms with Crippen LogP contribution in [0.1, 0.15) is 24.8 Å². The van der Waals surface area contributed by atoms with Crippen LogP contribution in [-0.2, 0) is 0 Å². The topological polar surface area (TPSA) is 0 Å². The smallest absolute Gasteiger partial charge is 0.124 e. The Labute approximate surface area is 87.8 Å². The lowest BCUT2D eigenvalue weighted by atomic mass is 9.98. The zero-order valence-electron chi connectivity index (χ0n) is 8.98. The molecule has 1 unspecified atom stereocenters. The molecule has 0 nitrogen and oxygen atoms in total. The molecule has 0 N–H and O–H groups in total. The number of hydrogen-bond donors (Lipinski definition) is 0. The molecule has 0 bridgehead atoms. The van der Waals surface area contributed by atoms with Crippen LogP contribution in [-0.4, -0.2) is 7.85 Å². The van der Waals surface area contributed by atoms with Crippen LogP contribution in [0.15, 0.2) is 54.5 Å². The van der Waals surface area contributed by atoms with Gasteiger partial charge in [-0.05, 0) is 17.9 Å². The molecule has 0 heterocycles. The third-order valence-corrected chi connectivity index (χ3v) is 2.30. The van der Waals surface area contributed by atoms with Crippen molar-refractivity contribution in [1.29, 1.82) is 0 Å². The van der Waals surface area contributed by atoms with E-state index in [1.807, 2.05) is 13.8 Å². The number of hydrogen-bond acceptors (Lipinski definition) is 0. The van der Waals surface area contributed by atoms with Gasteiger partial charge in [-0.25, -0.2) is 0 Å². The third kappa shape index (κ3) is 3.65. The Hall–Kier alpha value is -1.24. The predicted octanol–water partition coefficient (Wildman–Crippen LogP) is 2.88. The molecule has 0 fully saturated rings. The van der Waals surface area contributed by atoms with E-state index in [9.17, 15) is 0 Å². The number of allylic oxidation sites excluding steroid dienone is 3. The Morgan fingerprint density at radius 2 is 1.93 bits per heavy atom. The number of benzene rings is 1. The fraction of sp³-hybridized carbons (Fsp3) is 0.231. The molecule has 0 aromatic heterocycles. The molecule has 0 saturated carbocycles. The number of rotatable bonds is 4. The molecule has 0 amide bonds. The lowest BCUT2D eigenvalue weighted by molar-refractivity contribution is 0.781. The van der Waals surface area contributed by atoms with Gasteiger partial charge in [0, 0.05) is 0 Å². The van der Waals surface area contributed by atoms with Gasteiger partial charge in [-0.2, -0.15) is 0 Å². The van der Waals surface area contributed by atoms with Gasteiger partial charge >= 0.3 is 0 Å². The van der Waals surface area contributed by atoms with E-state index in [0.29, 0.717) is 5.92 Å². The third-order valence-electron chi connectivity index (χ3n) is 2.30. The highest BCUT2D eigenvalue weighted by Gasteiger charge is 2.00. The molecule has 0 saturated heterocycles. The van der Waals surface area contributed by atoms with Crippen molar-refractivity contribution in [2.45, 2.75) is 19.3 Å². The molecule has 1 atom stereocenters. The van der Waals surface area contributed by atoms with E-state index in [1.54, 1.807) is 0 Å². The standard InChI is InChI=1S/C13H17B/c1-12(8-4-3-7-11-14)13-9-5-2-6-10-13/h2-7,9-12H,8,14H2,1H3/b4-3-,11-7-. The maximum absolute atomic E-state index is 2.26. The Bertz CT molecular complexity index is 298. The second-order valence-electron chi connectivity index (χ2n) is 3.50. The van der Waals surface area contributed by atoms with Crippen molar-refractivity contribution in [3.05, 3.63) is 60.1 Å². The molecule has 1 aromatic carbocycles. The summed E-state index contributed by atoms with van der Waals surface area (Å²) in [7, 11) is 2.03. The maximum Gasteiger partial charge on any atom is 0.129 e. The highest BCUT2D eigenvalue weighted by atomic mass is 14.1. The monoisotopic (exact) mass is 184 g/mol. The summed E-state index contributed by atoms with van der Waals surface area (Å²) in [5.74, 6) is 2.65. The fourth-order valence-electron chi connectivity index (χ4n) is 1.39. The first-order valence-electron chi connectivity index (χ1n) is 5.17. The lowest BCUT2D eigenvalue weighted by Crippen LogP contribution is -1.90. The molecule has 0 aliphatic carbocycles.